The van der Waals surface area contributed by atoms with Gasteiger partial charge in [-0.1, -0.05) is 23.8 Å². The standard InChI is InChI=1S/C17H13ClN2O2S/c18-12-5-3-11(4-6-12)15-8-7-13(22-15)10-20-16(21)14-2-1-9-19-17(14)23/h1-9H,10H2,(H,19,23)(H,20,21). The van der Waals surface area contributed by atoms with Crippen LogP contribution in [0.5, 0.6) is 0 Å². The van der Waals surface area contributed by atoms with E-state index >= 15 is 0 Å². The molecule has 0 spiro atoms. The fourth-order valence-corrected chi connectivity index (χ4v) is 2.46. The first-order valence-corrected chi connectivity index (χ1v) is 7.72. The van der Waals surface area contributed by atoms with E-state index in [2.05, 4.69) is 10.3 Å². The summed E-state index contributed by atoms with van der Waals surface area (Å²) in [6.45, 7) is 0.288. The molecular formula is C17H13ClN2O2S. The van der Waals surface area contributed by atoms with Crippen molar-refractivity contribution >= 4 is 29.7 Å². The molecule has 0 saturated carbocycles. The Hall–Kier alpha value is -2.37. The van der Waals surface area contributed by atoms with Crippen molar-refractivity contribution in [2.75, 3.05) is 0 Å². The monoisotopic (exact) mass is 344 g/mol. The third kappa shape index (κ3) is 3.70. The first kappa shape index (κ1) is 15.5. The maximum absolute atomic E-state index is 12.1. The Bertz CT molecular complexity index is 884. The molecule has 0 aliphatic carbocycles. The van der Waals surface area contributed by atoms with Crippen LogP contribution in [0.4, 0.5) is 0 Å². The van der Waals surface area contributed by atoms with E-state index in [0.29, 0.717) is 21.0 Å². The fraction of sp³-hybridized carbons (Fsp3) is 0.0588. The van der Waals surface area contributed by atoms with Gasteiger partial charge in [0.2, 0.25) is 0 Å². The summed E-state index contributed by atoms with van der Waals surface area (Å²) in [7, 11) is 0. The second-order valence-electron chi connectivity index (χ2n) is 4.87. The van der Waals surface area contributed by atoms with Crippen molar-refractivity contribution in [2.45, 2.75) is 6.54 Å². The number of carbonyl (C=O) groups is 1. The van der Waals surface area contributed by atoms with E-state index in [0.717, 1.165) is 11.3 Å². The van der Waals surface area contributed by atoms with Crippen LogP contribution in [0.15, 0.2) is 59.1 Å². The minimum Gasteiger partial charge on any atom is -0.459 e. The number of furan rings is 1. The van der Waals surface area contributed by atoms with Crippen LogP contribution in [-0.2, 0) is 6.54 Å². The molecule has 23 heavy (non-hydrogen) atoms. The molecular weight excluding hydrogens is 332 g/mol. The number of benzene rings is 1. The molecule has 0 fully saturated rings. The Morgan fingerprint density at radius 3 is 2.70 bits per heavy atom. The fourth-order valence-electron chi connectivity index (χ4n) is 2.11. The van der Waals surface area contributed by atoms with Gasteiger partial charge in [0.05, 0.1) is 12.1 Å². The van der Waals surface area contributed by atoms with E-state index in [9.17, 15) is 4.79 Å². The highest BCUT2D eigenvalue weighted by atomic mass is 35.5. The van der Waals surface area contributed by atoms with Gasteiger partial charge in [-0.25, -0.2) is 0 Å². The van der Waals surface area contributed by atoms with Crippen molar-refractivity contribution in [3.63, 3.8) is 0 Å². The molecule has 0 saturated heterocycles. The molecule has 0 radical (unpaired) electrons. The van der Waals surface area contributed by atoms with Crippen LogP contribution in [0.25, 0.3) is 11.3 Å². The van der Waals surface area contributed by atoms with Gasteiger partial charge in [0.25, 0.3) is 5.91 Å². The van der Waals surface area contributed by atoms with Gasteiger partial charge in [-0.2, -0.15) is 0 Å². The van der Waals surface area contributed by atoms with Crippen LogP contribution in [0.2, 0.25) is 5.02 Å². The number of hydrogen-bond acceptors (Lipinski definition) is 3. The summed E-state index contributed by atoms with van der Waals surface area (Å²) < 4.78 is 6.14. The van der Waals surface area contributed by atoms with E-state index < -0.39 is 0 Å². The minimum absolute atomic E-state index is 0.240. The maximum atomic E-state index is 12.1. The minimum atomic E-state index is -0.240. The third-order valence-corrected chi connectivity index (χ3v) is 3.87. The number of H-pyrrole nitrogens is 1. The van der Waals surface area contributed by atoms with E-state index in [4.69, 9.17) is 28.2 Å². The summed E-state index contributed by atoms with van der Waals surface area (Å²) in [6.07, 6.45) is 1.68. The van der Waals surface area contributed by atoms with Gasteiger partial charge in [0.1, 0.15) is 16.2 Å². The van der Waals surface area contributed by atoms with Gasteiger partial charge >= 0.3 is 0 Å². The third-order valence-electron chi connectivity index (χ3n) is 3.28. The number of pyridine rings is 1. The molecule has 1 aromatic carbocycles. The quantitative estimate of drug-likeness (QED) is 0.681. The number of carbonyl (C=O) groups excluding carboxylic acids is 1. The van der Waals surface area contributed by atoms with Gasteiger partial charge < -0.3 is 14.7 Å². The number of nitrogens with one attached hydrogen (secondary N) is 2. The molecule has 3 aromatic rings. The molecule has 1 amide bonds. The first-order valence-electron chi connectivity index (χ1n) is 6.94. The van der Waals surface area contributed by atoms with E-state index in [1.54, 1.807) is 30.5 Å². The molecule has 0 bridgehead atoms. The average Bonchev–Trinajstić information content (AvgIpc) is 3.03. The molecule has 3 rings (SSSR count). The zero-order valence-corrected chi connectivity index (χ0v) is 13.6. The Morgan fingerprint density at radius 1 is 1.17 bits per heavy atom. The van der Waals surface area contributed by atoms with Crippen molar-refractivity contribution in [2.24, 2.45) is 0 Å². The van der Waals surface area contributed by atoms with Crippen molar-refractivity contribution in [1.82, 2.24) is 10.3 Å². The average molecular weight is 345 g/mol. The van der Waals surface area contributed by atoms with E-state index in [1.165, 1.54) is 0 Å². The van der Waals surface area contributed by atoms with E-state index in [1.807, 2.05) is 24.3 Å². The van der Waals surface area contributed by atoms with Gasteiger partial charge in [0.15, 0.2) is 0 Å². The Balaban J connectivity index is 1.68. The zero-order valence-electron chi connectivity index (χ0n) is 12.0. The molecule has 4 nitrogen and oxygen atoms in total. The molecule has 2 aromatic heterocycles. The molecule has 2 heterocycles. The second kappa shape index (κ2) is 6.81. The number of aromatic nitrogens is 1. The Kier molecular flexibility index (Phi) is 4.60. The number of hydrogen-bond donors (Lipinski definition) is 2. The molecule has 0 atom stereocenters. The van der Waals surface area contributed by atoms with Crippen molar-refractivity contribution in [3.05, 3.63) is 75.7 Å². The molecule has 0 aliphatic heterocycles. The van der Waals surface area contributed by atoms with Crippen LogP contribution < -0.4 is 5.32 Å². The predicted octanol–water partition coefficient (Wildman–Crippen LogP) is 4.59. The van der Waals surface area contributed by atoms with Crippen LogP contribution in [-0.4, -0.2) is 10.9 Å². The highest BCUT2D eigenvalue weighted by Gasteiger charge is 2.09. The van der Waals surface area contributed by atoms with Crippen molar-refractivity contribution in [3.8, 4) is 11.3 Å². The highest BCUT2D eigenvalue weighted by molar-refractivity contribution is 7.71. The zero-order chi connectivity index (χ0) is 16.2. The summed E-state index contributed by atoms with van der Waals surface area (Å²) in [4.78, 5) is 14.9. The number of halogens is 1. The summed E-state index contributed by atoms with van der Waals surface area (Å²) in [5, 5.41) is 3.46. The second-order valence-corrected chi connectivity index (χ2v) is 5.71. The Morgan fingerprint density at radius 2 is 1.96 bits per heavy atom. The first-order chi connectivity index (χ1) is 11.1. The molecule has 6 heteroatoms. The number of aromatic amines is 1. The van der Waals surface area contributed by atoms with Crippen LogP contribution in [0.3, 0.4) is 0 Å². The lowest BCUT2D eigenvalue weighted by atomic mass is 10.2. The van der Waals surface area contributed by atoms with Crippen molar-refractivity contribution < 1.29 is 9.21 Å². The normalized spacial score (nSPS) is 10.5. The van der Waals surface area contributed by atoms with Crippen molar-refractivity contribution in [1.29, 1.82) is 0 Å². The smallest absolute Gasteiger partial charge is 0.254 e. The van der Waals surface area contributed by atoms with Crippen LogP contribution in [0, 0.1) is 4.64 Å². The molecule has 0 unspecified atom stereocenters. The maximum Gasteiger partial charge on any atom is 0.254 e. The lowest BCUT2D eigenvalue weighted by molar-refractivity contribution is 0.0947. The largest absolute Gasteiger partial charge is 0.459 e. The van der Waals surface area contributed by atoms with E-state index in [-0.39, 0.29) is 12.5 Å². The molecule has 0 aliphatic rings. The number of rotatable bonds is 4. The van der Waals surface area contributed by atoms with Gasteiger partial charge in [-0.15, -0.1) is 0 Å². The summed E-state index contributed by atoms with van der Waals surface area (Å²) >= 11 is 11.0. The summed E-state index contributed by atoms with van der Waals surface area (Å²) in [6, 6.07) is 14.5. The summed E-state index contributed by atoms with van der Waals surface area (Å²) in [5.74, 6) is 1.15. The van der Waals surface area contributed by atoms with Gasteiger partial charge in [-0.05, 0) is 48.5 Å². The highest BCUT2D eigenvalue weighted by Crippen LogP contribution is 2.23. The van der Waals surface area contributed by atoms with Crippen LogP contribution in [0.1, 0.15) is 16.1 Å². The van der Waals surface area contributed by atoms with Crippen LogP contribution >= 0.6 is 23.8 Å². The number of amides is 1. The predicted molar refractivity (Wildman–Crippen MR) is 92.0 cm³/mol. The SMILES string of the molecule is O=C(NCc1ccc(-c2ccc(Cl)cc2)o1)c1ccc[nH]c1=S. The van der Waals surface area contributed by atoms with Gasteiger partial charge in [-0.3, -0.25) is 4.79 Å². The topological polar surface area (TPSA) is 58.0 Å². The Labute approximate surface area is 143 Å². The summed E-state index contributed by atoms with van der Waals surface area (Å²) in [5.41, 5.74) is 1.37. The van der Waals surface area contributed by atoms with Gasteiger partial charge in [0, 0.05) is 16.8 Å². The molecule has 116 valence electrons. The molecule has 2 N–H and O–H groups in total. The lowest BCUT2D eigenvalue weighted by Crippen LogP contribution is -2.23. The lowest BCUT2D eigenvalue weighted by Gasteiger charge is -2.03.